The van der Waals surface area contributed by atoms with Crippen LogP contribution in [0.1, 0.15) is 22.7 Å². The maximum absolute atomic E-state index is 6.29. The lowest BCUT2D eigenvalue weighted by molar-refractivity contribution is 0.727. The lowest BCUT2D eigenvalue weighted by Gasteiger charge is -2.10. The second-order valence-corrected chi connectivity index (χ2v) is 4.80. The smallest absolute Gasteiger partial charge is 0.0892 e. The van der Waals surface area contributed by atoms with Gasteiger partial charge in [-0.2, -0.15) is 5.10 Å². The van der Waals surface area contributed by atoms with E-state index in [9.17, 15) is 0 Å². The summed E-state index contributed by atoms with van der Waals surface area (Å²) in [6.07, 6.45) is 7.98. The Hall–Kier alpha value is -2.20. The van der Waals surface area contributed by atoms with Gasteiger partial charge in [-0.3, -0.25) is 4.98 Å². The average Bonchev–Trinajstić information content (AvgIpc) is 2.85. The van der Waals surface area contributed by atoms with Crippen molar-refractivity contribution in [1.29, 1.82) is 0 Å². The summed E-state index contributed by atoms with van der Waals surface area (Å²) in [5.41, 5.74) is 10.8. The number of hydrogen-bond donors (Lipinski definition) is 1. The van der Waals surface area contributed by atoms with E-state index in [1.807, 2.05) is 12.4 Å². The Kier molecular flexibility index (Phi) is 3.01. The Morgan fingerprint density at radius 3 is 2.79 bits per heavy atom. The van der Waals surface area contributed by atoms with E-state index >= 15 is 0 Å². The fourth-order valence-electron chi connectivity index (χ4n) is 2.23. The Morgan fingerprint density at radius 1 is 1.21 bits per heavy atom. The van der Waals surface area contributed by atoms with Crippen LogP contribution in [0.3, 0.4) is 0 Å². The van der Waals surface area contributed by atoms with Crippen molar-refractivity contribution < 1.29 is 0 Å². The van der Waals surface area contributed by atoms with E-state index < -0.39 is 0 Å². The van der Waals surface area contributed by atoms with Gasteiger partial charge in [0.25, 0.3) is 0 Å². The van der Waals surface area contributed by atoms with Crippen LogP contribution >= 0.6 is 0 Å². The summed E-state index contributed by atoms with van der Waals surface area (Å²) < 4.78 is 1.80. The van der Waals surface area contributed by atoms with Gasteiger partial charge in [0.15, 0.2) is 0 Å². The average molecular weight is 252 g/mol. The molecule has 0 saturated heterocycles. The molecule has 1 unspecified atom stereocenters. The minimum atomic E-state index is -0.0654. The van der Waals surface area contributed by atoms with E-state index in [4.69, 9.17) is 5.73 Å². The molecule has 0 radical (unpaired) electrons. The molecule has 0 fully saturated rings. The van der Waals surface area contributed by atoms with Crippen molar-refractivity contribution in [1.82, 2.24) is 14.6 Å². The van der Waals surface area contributed by atoms with E-state index in [0.717, 1.165) is 17.5 Å². The van der Waals surface area contributed by atoms with E-state index in [-0.39, 0.29) is 6.04 Å². The maximum Gasteiger partial charge on any atom is 0.0892 e. The molecule has 3 aromatic rings. The first-order chi connectivity index (χ1) is 9.24. The minimum absolute atomic E-state index is 0.0654. The zero-order chi connectivity index (χ0) is 13.2. The van der Waals surface area contributed by atoms with Crippen LogP contribution < -0.4 is 5.73 Å². The molecule has 4 nitrogen and oxygen atoms in total. The summed E-state index contributed by atoms with van der Waals surface area (Å²) in [6, 6.07) is 8.40. The van der Waals surface area contributed by atoms with Gasteiger partial charge in [0.2, 0.25) is 0 Å². The van der Waals surface area contributed by atoms with Gasteiger partial charge < -0.3 is 5.73 Å². The van der Waals surface area contributed by atoms with Gasteiger partial charge in [-0.05, 0) is 18.9 Å². The van der Waals surface area contributed by atoms with Gasteiger partial charge in [0.1, 0.15) is 0 Å². The summed E-state index contributed by atoms with van der Waals surface area (Å²) in [6.45, 7) is 2.08. The van der Waals surface area contributed by atoms with Gasteiger partial charge in [-0.15, -0.1) is 0 Å². The van der Waals surface area contributed by atoms with Crippen molar-refractivity contribution in [3.63, 3.8) is 0 Å². The zero-order valence-electron chi connectivity index (χ0n) is 10.8. The monoisotopic (exact) mass is 252 g/mol. The molecule has 1 aromatic carbocycles. The van der Waals surface area contributed by atoms with Crippen molar-refractivity contribution in [3.05, 3.63) is 65.7 Å². The SMILES string of the molecule is Cc1ccc(CC(N)c2cnn3ccncc23)cc1. The molecule has 1 atom stereocenters. The van der Waals surface area contributed by atoms with Crippen LogP contribution in [0.2, 0.25) is 0 Å². The molecular weight excluding hydrogens is 236 g/mol. The highest BCUT2D eigenvalue weighted by Crippen LogP contribution is 2.20. The topological polar surface area (TPSA) is 56.2 Å². The molecule has 0 amide bonds. The second-order valence-electron chi connectivity index (χ2n) is 4.80. The van der Waals surface area contributed by atoms with Gasteiger partial charge in [0, 0.05) is 24.0 Å². The van der Waals surface area contributed by atoms with Crippen molar-refractivity contribution in [2.24, 2.45) is 5.73 Å². The van der Waals surface area contributed by atoms with Gasteiger partial charge in [-0.1, -0.05) is 29.8 Å². The fourth-order valence-corrected chi connectivity index (χ4v) is 2.23. The van der Waals surface area contributed by atoms with Crippen molar-refractivity contribution >= 4 is 5.52 Å². The van der Waals surface area contributed by atoms with E-state index in [1.54, 1.807) is 16.9 Å². The molecule has 0 saturated carbocycles. The largest absolute Gasteiger partial charge is 0.324 e. The number of rotatable bonds is 3. The normalized spacial score (nSPS) is 12.7. The predicted molar refractivity (Wildman–Crippen MR) is 74.8 cm³/mol. The van der Waals surface area contributed by atoms with E-state index in [0.29, 0.717) is 0 Å². The quantitative estimate of drug-likeness (QED) is 0.778. The Morgan fingerprint density at radius 2 is 2.00 bits per heavy atom. The summed E-state index contributed by atoms with van der Waals surface area (Å²) in [5, 5.41) is 4.29. The first kappa shape index (κ1) is 11.9. The van der Waals surface area contributed by atoms with E-state index in [2.05, 4.69) is 41.3 Å². The molecule has 0 bridgehead atoms. The number of aryl methyl sites for hydroxylation is 1. The van der Waals surface area contributed by atoms with Crippen molar-refractivity contribution in [2.45, 2.75) is 19.4 Å². The zero-order valence-corrected chi connectivity index (χ0v) is 10.8. The Bertz CT molecular complexity index is 685. The molecule has 2 aromatic heterocycles. The predicted octanol–water partition coefficient (Wildman–Crippen LogP) is 2.28. The van der Waals surface area contributed by atoms with Crippen LogP contribution in [0.4, 0.5) is 0 Å². The van der Waals surface area contributed by atoms with Gasteiger partial charge in [0.05, 0.1) is 17.9 Å². The molecular formula is C15H16N4. The highest BCUT2D eigenvalue weighted by atomic mass is 15.2. The lowest BCUT2D eigenvalue weighted by atomic mass is 10.0. The van der Waals surface area contributed by atoms with Crippen molar-refractivity contribution in [2.75, 3.05) is 0 Å². The molecule has 0 aliphatic rings. The summed E-state index contributed by atoms with van der Waals surface area (Å²) in [4.78, 5) is 4.13. The highest BCUT2D eigenvalue weighted by molar-refractivity contribution is 5.53. The molecule has 96 valence electrons. The lowest BCUT2D eigenvalue weighted by Crippen LogP contribution is -2.13. The number of nitrogens with zero attached hydrogens (tertiary/aromatic N) is 3. The number of fused-ring (bicyclic) bond motifs is 1. The number of benzene rings is 1. The van der Waals surface area contributed by atoms with E-state index in [1.165, 1.54) is 11.1 Å². The fraction of sp³-hybridized carbons (Fsp3) is 0.200. The third-order valence-electron chi connectivity index (χ3n) is 3.33. The van der Waals surface area contributed by atoms with Crippen LogP contribution in [0.25, 0.3) is 5.52 Å². The third-order valence-corrected chi connectivity index (χ3v) is 3.33. The van der Waals surface area contributed by atoms with Crippen LogP contribution in [0.15, 0.2) is 49.1 Å². The van der Waals surface area contributed by atoms with Gasteiger partial charge >= 0.3 is 0 Å². The maximum atomic E-state index is 6.29. The van der Waals surface area contributed by atoms with Gasteiger partial charge in [-0.25, -0.2) is 4.52 Å². The molecule has 3 rings (SSSR count). The second kappa shape index (κ2) is 4.82. The molecule has 2 heterocycles. The van der Waals surface area contributed by atoms with Crippen LogP contribution in [-0.4, -0.2) is 14.6 Å². The molecule has 2 N–H and O–H groups in total. The Balaban J connectivity index is 1.87. The summed E-state index contributed by atoms with van der Waals surface area (Å²) in [7, 11) is 0. The first-order valence-electron chi connectivity index (χ1n) is 6.32. The summed E-state index contributed by atoms with van der Waals surface area (Å²) >= 11 is 0. The molecule has 0 aliphatic carbocycles. The number of nitrogens with two attached hydrogens (primary N) is 1. The third kappa shape index (κ3) is 2.35. The molecule has 19 heavy (non-hydrogen) atoms. The number of aromatic nitrogens is 3. The van der Waals surface area contributed by atoms with Crippen LogP contribution in [0.5, 0.6) is 0 Å². The minimum Gasteiger partial charge on any atom is -0.324 e. The van der Waals surface area contributed by atoms with Crippen LogP contribution in [-0.2, 0) is 6.42 Å². The molecule has 0 spiro atoms. The molecule has 4 heteroatoms. The highest BCUT2D eigenvalue weighted by Gasteiger charge is 2.12. The first-order valence-corrected chi connectivity index (χ1v) is 6.32. The summed E-state index contributed by atoms with van der Waals surface area (Å²) in [5.74, 6) is 0. The standard InChI is InChI=1S/C15H16N4/c1-11-2-4-12(5-3-11)8-14(16)13-9-18-19-7-6-17-10-15(13)19/h2-7,9-10,14H,8,16H2,1H3. The Labute approximate surface area is 111 Å². The van der Waals surface area contributed by atoms with Crippen LogP contribution in [0, 0.1) is 6.92 Å². The number of hydrogen-bond acceptors (Lipinski definition) is 3. The molecule has 0 aliphatic heterocycles. The van der Waals surface area contributed by atoms with Crippen molar-refractivity contribution in [3.8, 4) is 0 Å².